The Kier molecular flexibility index (Phi) is 3.08. The third-order valence-corrected chi connectivity index (χ3v) is 4.23. The van der Waals surface area contributed by atoms with E-state index in [1.165, 1.54) is 0 Å². The third kappa shape index (κ3) is 1.93. The van der Waals surface area contributed by atoms with Crippen molar-refractivity contribution in [2.24, 2.45) is 0 Å². The number of nitrogens with zero attached hydrogens (tertiary/aromatic N) is 1. The van der Waals surface area contributed by atoms with Crippen molar-refractivity contribution >= 4 is 37.6 Å². The van der Waals surface area contributed by atoms with Crippen LogP contribution < -0.4 is 0 Å². The summed E-state index contributed by atoms with van der Waals surface area (Å²) in [6, 6.07) is 7.87. The van der Waals surface area contributed by atoms with Crippen molar-refractivity contribution in [2.75, 3.05) is 0 Å². The number of pyridine rings is 1. The molecule has 0 aliphatic heterocycles. The molecule has 0 radical (unpaired) electrons. The van der Waals surface area contributed by atoms with Crippen molar-refractivity contribution in [3.8, 4) is 0 Å². The number of ketones is 1. The molecule has 4 heteroatoms. The number of aromatic nitrogens is 1. The third-order valence-electron chi connectivity index (χ3n) is 3.14. The molecule has 0 saturated heterocycles. The molecule has 1 aromatic carbocycles. The van der Waals surface area contributed by atoms with Crippen LogP contribution in [0.25, 0.3) is 0 Å². The van der Waals surface area contributed by atoms with Gasteiger partial charge in [-0.2, -0.15) is 0 Å². The fourth-order valence-corrected chi connectivity index (χ4v) is 3.26. The van der Waals surface area contributed by atoms with Gasteiger partial charge in [0.2, 0.25) is 5.78 Å². The molecule has 1 aliphatic carbocycles. The van der Waals surface area contributed by atoms with Gasteiger partial charge in [-0.1, -0.05) is 28.1 Å². The van der Waals surface area contributed by atoms with Crippen LogP contribution in [0, 0.1) is 0 Å². The van der Waals surface area contributed by atoms with E-state index in [0.717, 1.165) is 38.5 Å². The van der Waals surface area contributed by atoms with Crippen LogP contribution in [0.2, 0.25) is 0 Å². The summed E-state index contributed by atoms with van der Waals surface area (Å²) in [6.07, 6.45) is 3.39. The average Bonchev–Trinajstić information content (AvgIpc) is 2.48. The first-order valence-electron chi connectivity index (χ1n) is 5.63. The molecule has 0 saturated carbocycles. The molecule has 0 amide bonds. The van der Waals surface area contributed by atoms with Crippen LogP contribution in [-0.4, -0.2) is 10.8 Å². The zero-order valence-corrected chi connectivity index (χ0v) is 12.6. The zero-order chi connectivity index (χ0) is 12.7. The van der Waals surface area contributed by atoms with E-state index < -0.39 is 0 Å². The van der Waals surface area contributed by atoms with Crippen LogP contribution in [0.5, 0.6) is 0 Å². The average molecular weight is 367 g/mol. The molecule has 18 heavy (non-hydrogen) atoms. The number of carbonyl (C=O) groups is 1. The molecule has 2 nitrogen and oxygen atoms in total. The molecular formula is C14H9Br2NO. The van der Waals surface area contributed by atoms with E-state index >= 15 is 0 Å². The second kappa shape index (κ2) is 4.59. The number of rotatable bonds is 0. The number of fused-ring (bicyclic) bond motifs is 2. The maximum Gasteiger partial charge on any atom is 0.213 e. The number of aryl methyl sites for hydroxylation is 2. The first-order chi connectivity index (χ1) is 8.66. The van der Waals surface area contributed by atoms with Crippen molar-refractivity contribution in [1.29, 1.82) is 0 Å². The Hall–Kier alpha value is -1.00. The van der Waals surface area contributed by atoms with Crippen molar-refractivity contribution in [1.82, 2.24) is 4.98 Å². The number of hydrogen-bond donors (Lipinski definition) is 0. The molecule has 0 spiro atoms. The predicted molar refractivity (Wildman–Crippen MR) is 76.9 cm³/mol. The van der Waals surface area contributed by atoms with Gasteiger partial charge in [-0.05, 0) is 52.0 Å². The molecule has 1 aromatic heterocycles. The van der Waals surface area contributed by atoms with Gasteiger partial charge in [0.05, 0.1) is 0 Å². The van der Waals surface area contributed by atoms with Crippen molar-refractivity contribution < 1.29 is 4.79 Å². The van der Waals surface area contributed by atoms with E-state index in [4.69, 9.17) is 0 Å². The van der Waals surface area contributed by atoms with Crippen molar-refractivity contribution in [2.45, 2.75) is 12.8 Å². The molecule has 0 N–H and O–H groups in total. The van der Waals surface area contributed by atoms with Crippen LogP contribution in [0.15, 0.2) is 39.4 Å². The lowest BCUT2D eigenvalue weighted by atomic mass is 10.0. The Bertz CT molecular complexity index is 652. The summed E-state index contributed by atoms with van der Waals surface area (Å²) in [6.45, 7) is 0. The van der Waals surface area contributed by atoms with Crippen molar-refractivity contribution in [3.63, 3.8) is 0 Å². The van der Waals surface area contributed by atoms with E-state index in [2.05, 4.69) is 36.8 Å². The zero-order valence-electron chi connectivity index (χ0n) is 9.41. The van der Waals surface area contributed by atoms with E-state index in [-0.39, 0.29) is 5.78 Å². The lowest BCUT2D eigenvalue weighted by Gasteiger charge is -2.06. The monoisotopic (exact) mass is 365 g/mol. The Labute approximate surface area is 122 Å². The molecule has 2 aromatic rings. The van der Waals surface area contributed by atoms with Crippen LogP contribution in [-0.2, 0) is 12.8 Å². The first kappa shape index (κ1) is 12.1. The van der Waals surface area contributed by atoms with Crippen LogP contribution >= 0.6 is 31.9 Å². The second-order valence-corrected chi connectivity index (χ2v) is 6.03. The Morgan fingerprint density at radius 2 is 1.89 bits per heavy atom. The minimum Gasteiger partial charge on any atom is -0.287 e. The van der Waals surface area contributed by atoms with Crippen LogP contribution in [0.4, 0.5) is 0 Å². The molecule has 0 bridgehead atoms. The molecule has 1 heterocycles. The first-order valence-corrected chi connectivity index (χ1v) is 7.22. The largest absolute Gasteiger partial charge is 0.287 e. The second-order valence-electron chi connectivity index (χ2n) is 4.26. The normalized spacial score (nSPS) is 13.8. The predicted octanol–water partition coefficient (Wildman–Crippen LogP) is 3.94. The number of benzene rings is 1. The summed E-state index contributed by atoms with van der Waals surface area (Å²) < 4.78 is 1.77. The minimum atomic E-state index is 0.0116. The Morgan fingerprint density at radius 1 is 1.11 bits per heavy atom. The minimum absolute atomic E-state index is 0.0116. The molecule has 3 rings (SSSR count). The molecule has 0 fully saturated rings. The SMILES string of the molecule is O=C1c2ncc(Br)cc2CCc2cccc(Br)c21. The molecule has 90 valence electrons. The fraction of sp³-hybridized carbons (Fsp3) is 0.143. The quantitative estimate of drug-likeness (QED) is 0.706. The lowest BCUT2D eigenvalue weighted by Crippen LogP contribution is -2.07. The van der Waals surface area contributed by atoms with Gasteiger partial charge in [0.15, 0.2) is 0 Å². The summed E-state index contributed by atoms with van der Waals surface area (Å²) >= 11 is 6.87. The standard InChI is InChI=1S/C14H9Br2NO/c15-10-6-9-5-4-8-2-1-3-11(16)12(8)14(18)13(9)17-7-10/h1-3,6-7H,4-5H2. The van der Waals surface area contributed by atoms with Gasteiger partial charge in [0, 0.05) is 20.7 Å². The summed E-state index contributed by atoms with van der Waals surface area (Å²) in [5.74, 6) is 0.0116. The van der Waals surface area contributed by atoms with E-state index in [1.54, 1.807) is 6.20 Å². The van der Waals surface area contributed by atoms with Gasteiger partial charge in [0.25, 0.3) is 0 Å². The maximum absolute atomic E-state index is 12.6. The Morgan fingerprint density at radius 3 is 2.72 bits per heavy atom. The topological polar surface area (TPSA) is 30.0 Å². The fourth-order valence-electron chi connectivity index (χ4n) is 2.30. The van der Waals surface area contributed by atoms with Gasteiger partial charge in [-0.15, -0.1) is 0 Å². The number of halogens is 2. The molecule has 0 atom stereocenters. The number of carbonyl (C=O) groups excluding carboxylic acids is 1. The maximum atomic E-state index is 12.6. The van der Waals surface area contributed by atoms with Gasteiger partial charge >= 0.3 is 0 Å². The van der Waals surface area contributed by atoms with Crippen LogP contribution in [0.1, 0.15) is 27.2 Å². The highest BCUT2D eigenvalue weighted by atomic mass is 79.9. The van der Waals surface area contributed by atoms with Crippen molar-refractivity contribution in [3.05, 3.63) is 61.8 Å². The van der Waals surface area contributed by atoms with Gasteiger partial charge in [-0.3, -0.25) is 9.78 Å². The highest BCUT2D eigenvalue weighted by Crippen LogP contribution is 2.29. The van der Waals surface area contributed by atoms with Gasteiger partial charge in [0.1, 0.15) is 5.69 Å². The van der Waals surface area contributed by atoms with Crippen LogP contribution in [0.3, 0.4) is 0 Å². The summed E-state index contributed by atoms with van der Waals surface area (Å²) in [7, 11) is 0. The smallest absolute Gasteiger partial charge is 0.213 e. The highest BCUT2D eigenvalue weighted by Gasteiger charge is 2.24. The lowest BCUT2D eigenvalue weighted by molar-refractivity contribution is 0.103. The molecular weight excluding hydrogens is 358 g/mol. The molecule has 0 unspecified atom stereocenters. The van der Waals surface area contributed by atoms with E-state index in [0.29, 0.717) is 5.69 Å². The Balaban J connectivity index is 2.24. The summed E-state index contributed by atoms with van der Waals surface area (Å²) in [5.41, 5.74) is 3.43. The highest BCUT2D eigenvalue weighted by molar-refractivity contribution is 9.10. The summed E-state index contributed by atoms with van der Waals surface area (Å²) in [5, 5.41) is 0. The summed E-state index contributed by atoms with van der Waals surface area (Å²) in [4.78, 5) is 16.8. The van der Waals surface area contributed by atoms with E-state index in [9.17, 15) is 4.79 Å². The van der Waals surface area contributed by atoms with E-state index in [1.807, 2.05) is 24.3 Å². The number of hydrogen-bond acceptors (Lipinski definition) is 2. The van der Waals surface area contributed by atoms with Gasteiger partial charge in [-0.25, -0.2) is 0 Å². The van der Waals surface area contributed by atoms with Gasteiger partial charge < -0.3 is 0 Å². The molecule has 1 aliphatic rings.